The molecule has 0 aliphatic heterocycles. The Bertz CT molecular complexity index is 891. The summed E-state index contributed by atoms with van der Waals surface area (Å²) < 4.78 is 5.33. The number of hydrogen-bond donors (Lipinski definition) is 2. The zero-order chi connectivity index (χ0) is 19.9. The van der Waals surface area contributed by atoms with Gasteiger partial charge in [-0.2, -0.15) is 0 Å². The molecule has 0 aliphatic rings. The normalized spacial score (nSPS) is 13.0. The van der Waals surface area contributed by atoms with E-state index in [1.165, 1.54) is 16.0 Å². The van der Waals surface area contributed by atoms with E-state index in [9.17, 15) is 4.79 Å². The van der Waals surface area contributed by atoms with Gasteiger partial charge in [-0.15, -0.1) is 11.3 Å². The van der Waals surface area contributed by atoms with E-state index >= 15 is 0 Å². The zero-order valence-corrected chi connectivity index (χ0v) is 17.3. The van der Waals surface area contributed by atoms with Gasteiger partial charge in [-0.25, -0.2) is 0 Å². The molecule has 0 aliphatic carbocycles. The molecule has 0 saturated carbocycles. The molecule has 0 bridgehead atoms. The second-order valence-electron chi connectivity index (χ2n) is 6.76. The minimum Gasteiger partial charge on any atom is -0.495 e. The Labute approximate surface area is 170 Å². The van der Waals surface area contributed by atoms with Crippen molar-refractivity contribution in [3.8, 4) is 5.75 Å². The molecule has 1 aromatic heterocycles. The smallest absolute Gasteiger partial charge is 0.282 e. The molecule has 1 amide bonds. The average molecular weight is 396 g/mol. The number of carbonyl (C=O) groups is 1. The summed E-state index contributed by atoms with van der Waals surface area (Å²) >= 11 is 1.72. The lowest BCUT2D eigenvalue weighted by atomic mass is 10.0. The molecular formula is C23H27N2O2S+. The number of quaternary nitrogens is 1. The Kier molecular flexibility index (Phi) is 6.85. The monoisotopic (exact) mass is 395 g/mol. The van der Waals surface area contributed by atoms with Gasteiger partial charge in [0.2, 0.25) is 0 Å². The van der Waals surface area contributed by atoms with Crippen molar-refractivity contribution in [2.24, 2.45) is 0 Å². The van der Waals surface area contributed by atoms with E-state index in [4.69, 9.17) is 4.74 Å². The van der Waals surface area contributed by atoms with Crippen molar-refractivity contribution in [2.75, 3.05) is 12.4 Å². The number of methoxy groups -OCH3 is 1. The van der Waals surface area contributed by atoms with Gasteiger partial charge in [-0.3, -0.25) is 4.79 Å². The standard InChI is InChI=1S/C23H26N2O2S/c1-4-17-11-13-18(14-12-17)22(21-10-7-15-28-21)24-16(2)23(26)25-19-8-5-6-9-20(19)27-3/h5-16,22,24H,4H2,1-3H3,(H,25,26)/p+1/t16-,22-/m0/s1. The highest BCUT2D eigenvalue weighted by Crippen LogP contribution is 2.25. The van der Waals surface area contributed by atoms with Crippen LogP contribution in [0.2, 0.25) is 0 Å². The average Bonchev–Trinajstić information content (AvgIpc) is 3.27. The number of nitrogens with one attached hydrogen (secondary N) is 1. The van der Waals surface area contributed by atoms with E-state index in [0.717, 1.165) is 6.42 Å². The van der Waals surface area contributed by atoms with Crippen LogP contribution < -0.4 is 15.4 Å². The fourth-order valence-electron chi connectivity index (χ4n) is 3.17. The Morgan fingerprint density at radius 3 is 2.50 bits per heavy atom. The van der Waals surface area contributed by atoms with E-state index in [-0.39, 0.29) is 18.0 Å². The van der Waals surface area contributed by atoms with Crippen LogP contribution in [0, 0.1) is 0 Å². The zero-order valence-electron chi connectivity index (χ0n) is 16.5. The fourth-order valence-corrected chi connectivity index (χ4v) is 4.00. The van der Waals surface area contributed by atoms with Crippen molar-refractivity contribution in [1.29, 1.82) is 0 Å². The Morgan fingerprint density at radius 2 is 1.86 bits per heavy atom. The van der Waals surface area contributed by atoms with Gasteiger partial charge in [0, 0.05) is 5.56 Å². The van der Waals surface area contributed by atoms with Gasteiger partial charge in [-0.1, -0.05) is 49.4 Å². The number of anilines is 1. The van der Waals surface area contributed by atoms with E-state index in [2.05, 4.69) is 59.3 Å². The number of hydrogen-bond acceptors (Lipinski definition) is 3. The Hall–Kier alpha value is -2.63. The van der Waals surface area contributed by atoms with Crippen molar-refractivity contribution in [3.05, 3.63) is 82.0 Å². The molecule has 0 unspecified atom stereocenters. The van der Waals surface area contributed by atoms with Crippen LogP contribution >= 0.6 is 11.3 Å². The summed E-state index contributed by atoms with van der Waals surface area (Å²) in [6.45, 7) is 4.09. The van der Waals surface area contributed by atoms with E-state index < -0.39 is 0 Å². The number of ether oxygens (including phenoxy) is 1. The lowest BCUT2D eigenvalue weighted by molar-refractivity contribution is -0.703. The Morgan fingerprint density at radius 1 is 1.11 bits per heavy atom. The third-order valence-electron chi connectivity index (χ3n) is 4.86. The molecule has 3 rings (SSSR count). The van der Waals surface area contributed by atoms with Gasteiger partial charge in [0.1, 0.15) is 11.8 Å². The first kappa shape index (κ1) is 20.1. The number of benzene rings is 2. The molecular weight excluding hydrogens is 368 g/mol. The molecule has 4 nitrogen and oxygen atoms in total. The summed E-state index contributed by atoms with van der Waals surface area (Å²) in [7, 11) is 1.60. The van der Waals surface area contributed by atoms with Crippen LogP contribution in [0.5, 0.6) is 5.75 Å². The first-order chi connectivity index (χ1) is 13.6. The lowest BCUT2D eigenvalue weighted by Gasteiger charge is -2.20. The molecule has 0 radical (unpaired) electrons. The summed E-state index contributed by atoms with van der Waals surface area (Å²) in [5.74, 6) is 0.615. The first-order valence-corrected chi connectivity index (χ1v) is 10.4. The number of aryl methyl sites for hydroxylation is 1. The number of thiophene rings is 1. The quantitative estimate of drug-likeness (QED) is 0.606. The molecule has 2 aromatic carbocycles. The maximum atomic E-state index is 12.8. The summed E-state index contributed by atoms with van der Waals surface area (Å²) in [4.78, 5) is 14.1. The van der Waals surface area contributed by atoms with E-state index in [1.807, 2.05) is 31.2 Å². The molecule has 28 heavy (non-hydrogen) atoms. The van der Waals surface area contributed by atoms with Crippen LogP contribution in [0.3, 0.4) is 0 Å². The largest absolute Gasteiger partial charge is 0.495 e. The predicted octanol–water partition coefficient (Wildman–Crippen LogP) is 4.00. The van der Waals surface area contributed by atoms with Gasteiger partial charge in [0.25, 0.3) is 5.91 Å². The van der Waals surface area contributed by atoms with Crippen molar-refractivity contribution < 1.29 is 14.8 Å². The summed E-state index contributed by atoms with van der Waals surface area (Å²) in [5, 5.41) is 7.19. The summed E-state index contributed by atoms with van der Waals surface area (Å²) in [5.41, 5.74) is 3.21. The molecule has 1 heterocycles. The van der Waals surface area contributed by atoms with Crippen LogP contribution in [0.1, 0.15) is 35.9 Å². The van der Waals surface area contributed by atoms with Crippen LogP contribution in [0.25, 0.3) is 0 Å². The van der Waals surface area contributed by atoms with E-state index in [0.29, 0.717) is 11.4 Å². The summed E-state index contributed by atoms with van der Waals surface area (Å²) in [6.07, 6.45) is 1.02. The predicted molar refractivity (Wildman–Crippen MR) is 115 cm³/mol. The minimum absolute atomic E-state index is 0.0452. The van der Waals surface area contributed by atoms with Crippen molar-refractivity contribution in [3.63, 3.8) is 0 Å². The molecule has 0 spiro atoms. The minimum atomic E-state index is -0.261. The number of amides is 1. The lowest BCUT2D eigenvalue weighted by Crippen LogP contribution is -2.92. The number of para-hydroxylation sites is 2. The molecule has 146 valence electrons. The highest BCUT2D eigenvalue weighted by Gasteiger charge is 2.26. The SMILES string of the molecule is CCc1ccc([C@H]([NH2+][C@@H](C)C(=O)Nc2ccccc2OC)c2cccs2)cc1. The second-order valence-corrected chi connectivity index (χ2v) is 7.74. The molecule has 3 N–H and O–H groups in total. The molecule has 3 aromatic rings. The maximum absolute atomic E-state index is 12.8. The molecule has 2 atom stereocenters. The second kappa shape index (κ2) is 9.53. The first-order valence-electron chi connectivity index (χ1n) is 9.53. The molecule has 0 fully saturated rings. The van der Waals surface area contributed by atoms with Gasteiger partial charge >= 0.3 is 0 Å². The van der Waals surface area contributed by atoms with Crippen molar-refractivity contribution in [1.82, 2.24) is 0 Å². The van der Waals surface area contributed by atoms with Crippen molar-refractivity contribution >= 4 is 22.9 Å². The van der Waals surface area contributed by atoms with Crippen LogP contribution in [-0.4, -0.2) is 19.1 Å². The van der Waals surface area contributed by atoms with Gasteiger partial charge in [0.15, 0.2) is 6.04 Å². The third-order valence-corrected chi connectivity index (χ3v) is 5.81. The maximum Gasteiger partial charge on any atom is 0.282 e. The summed E-state index contributed by atoms with van der Waals surface area (Å²) in [6, 6.07) is 20.2. The van der Waals surface area contributed by atoms with Gasteiger partial charge in [-0.05, 0) is 42.5 Å². The number of nitrogens with two attached hydrogens (primary N) is 1. The molecule has 5 heteroatoms. The van der Waals surface area contributed by atoms with Gasteiger partial charge in [0.05, 0.1) is 17.7 Å². The Balaban J connectivity index is 1.77. The highest BCUT2D eigenvalue weighted by molar-refractivity contribution is 7.10. The molecule has 0 saturated heterocycles. The number of rotatable bonds is 8. The van der Waals surface area contributed by atoms with E-state index in [1.54, 1.807) is 18.4 Å². The van der Waals surface area contributed by atoms with Crippen molar-refractivity contribution in [2.45, 2.75) is 32.4 Å². The number of carbonyl (C=O) groups excluding carboxylic acids is 1. The van der Waals surface area contributed by atoms with Crippen LogP contribution in [0.4, 0.5) is 5.69 Å². The van der Waals surface area contributed by atoms with Crippen LogP contribution in [-0.2, 0) is 11.2 Å². The third kappa shape index (κ3) is 4.80. The fraction of sp³-hybridized carbons (Fsp3) is 0.261. The highest BCUT2D eigenvalue weighted by atomic mass is 32.1. The van der Waals surface area contributed by atoms with Crippen LogP contribution in [0.15, 0.2) is 66.0 Å². The topological polar surface area (TPSA) is 54.9 Å². The van der Waals surface area contributed by atoms with Gasteiger partial charge < -0.3 is 15.4 Å².